The van der Waals surface area contributed by atoms with E-state index in [-0.39, 0.29) is 12.1 Å². The first-order valence-corrected chi connectivity index (χ1v) is 6.16. The van der Waals surface area contributed by atoms with Crippen LogP contribution in [0.25, 0.3) is 0 Å². The van der Waals surface area contributed by atoms with Crippen LogP contribution < -0.4 is 5.32 Å². The number of ether oxygens (including phenoxy) is 2. The van der Waals surface area contributed by atoms with Crippen molar-refractivity contribution in [2.45, 2.75) is 39.2 Å². The highest BCUT2D eigenvalue weighted by atomic mass is 16.6. The van der Waals surface area contributed by atoms with Crippen LogP contribution in [0.15, 0.2) is 0 Å². The lowest BCUT2D eigenvalue weighted by Crippen LogP contribution is -2.29. The number of esters is 1. The third-order valence-electron chi connectivity index (χ3n) is 2.71. The smallest absolute Gasteiger partial charge is 0.306 e. The van der Waals surface area contributed by atoms with Crippen LogP contribution >= 0.6 is 0 Å². The fraction of sp³-hybridized carbons (Fsp3) is 0.917. The fourth-order valence-electron chi connectivity index (χ4n) is 1.82. The van der Waals surface area contributed by atoms with Gasteiger partial charge in [-0.2, -0.15) is 0 Å². The molecule has 1 aliphatic heterocycles. The maximum Gasteiger partial charge on any atom is 0.306 e. The molecule has 0 aromatic carbocycles. The van der Waals surface area contributed by atoms with Gasteiger partial charge in [0, 0.05) is 6.42 Å². The Labute approximate surface area is 97.7 Å². The largest absolute Gasteiger partial charge is 0.463 e. The van der Waals surface area contributed by atoms with E-state index in [4.69, 9.17) is 9.47 Å². The van der Waals surface area contributed by atoms with Crippen LogP contribution in [-0.2, 0) is 14.3 Å². The third kappa shape index (κ3) is 6.08. The highest BCUT2D eigenvalue weighted by Crippen LogP contribution is 2.16. The number of piperidine rings is 1. The van der Waals surface area contributed by atoms with Crippen molar-refractivity contribution in [3.05, 3.63) is 0 Å². The lowest BCUT2D eigenvalue weighted by Gasteiger charge is -2.21. The molecule has 0 saturated carbocycles. The van der Waals surface area contributed by atoms with E-state index < -0.39 is 0 Å². The summed E-state index contributed by atoms with van der Waals surface area (Å²) in [5, 5.41) is 3.28. The molecule has 1 fully saturated rings. The third-order valence-corrected chi connectivity index (χ3v) is 2.71. The zero-order chi connectivity index (χ0) is 11.8. The first-order valence-electron chi connectivity index (χ1n) is 6.16. The van der Waals surface area contributed by atoms with Gasteiger partial charge in [0.1, 0.15) is 6.61 Å². The van der Waals surface area contributed by atoms with E-state index in [0.717, 1.165) is 25.9 Å². The first kappa shape index (κ1) is 13.5. The highest BCUT2D eigenvalue weighted by Gasteiger charge is 2.17. The van der Waals surface area contributed by atoms with E-state index in [1.54, 1.807) is 0 Å². The van der Waals surface area contributed by atoms with Crippen molar-refractivity contribution in [2.24, 2.45) is 5.92 Å². The van der Waals surface area contributed by atoms with Gasteiger partial charge in [-0.25, -0.2) is 0 Å². The summed E-state index contributed by atoms with van der Waals surface area (Å²) in [7, 11) is 0. The van der Waals surface area contributed by atoms with Crippen molar-refractivity contribution >= 4 is 5.97 Å². The molecular weight excluding hydrogens is 206 g/mol. The van der Waals surface area contributed by atoms with Gasteiger partial charge in [-0.1, -0.05) is 0 Å². The normalized spacial score (nSPS) is 17.7. The Hall–Kier alpha value is -0.610. The van der Waals surface area contributed by atoms with Gasteiger partial charge in [0.25, 0.3) is 0 Å². The van der Waals surface area contributed by atoms with Crippen LogP contribution in [0.5, 0.6) is 0 Å². The Morgan fingerprint density at radius 2 is 2.00 bits per heavy atom. The second-order valence-corrected chi connectivity index (χ2v) is 4.54. The van der Waals surface area contributed by atoms with Gasteiger partial charge in [0.2, 0.25) is 0 Å². The molecule has 1 aliphatic rings. The van der Waals surface area contributed by atoms with Crippen LogP contribution in [0, 0.1) is 5.92 Å². The molecule has 94 valence electrons. The number of nitrogens with one attached hydrogen (secondary N) is 1. The predicted octanol–water partition coefficient (Wildman–Crippen LogP) is 1.34. The van der Waals surface area contributed by atoms with E-state index >= 15 is 0 Å². The minimum atomic E-state index is -0.0840. The standard InChI is InChI=1S/C12H23NO3/c1-10(2)15-7-8-16-12(14)9-11-3-5-13-6-4-11/h10-11,13H,3-9H2,1-2H3. The summed E-state index contributed by atoms with van der Waals surface area (Å²) in [5.41, 5.74) is 0. The van der Waals surface area contributed by atoms with E-state index in [1.807, 2.05) is 13.8 Å². The molecule has 1 rings (SSSR count). The quantitative estimate of drug-likeness (QED) is 0.551. The fourth-order valence-corrected chi connectivity index (χ4v) is 1.82. The summed E-state index contributed by atoms with van der Waals surface area (Å²) in [6.07, 6.45) is 2.92. The molecule has 0 bridgehead atoms. The van der Waals surface area contributed by atoms with E-state index in [0.29, 0.717) is 25.6 Å². The molecule has 0 amide bonds. The summed E-state index contributed by atoms with van der Waals surface area (Å²) in [6.45, 7) is 6.86. The zero-order valence-corrected chi connectivity index (χ0v) is 10.3. The lowest BCUT2D eigenvalue weighted by atomic mass is 9.95. The average molecular weight is 229 g/mol. The number of carbonyl (C=O) groups excluding carboxylic acids is 1. The van der Waals surface area contributed by atoms with Gasteiger partial charge in [0.15, 0.2) is 0 Å². The van der Waals surface area contributed by atoms with Crippen LogP contribution in [0.1, 0.15) is 33.1 Å². The van der Waals surface area contributed by atoms with Crippen molar-refractivity contribution < 1.29 is 14.3 Å². The number of carbonyl (C=O) groups is 1. The number of hydrogen-bond donors (Lipinski definition) is 1. The highest BCUT2D eigenvalue weighted by molar-refractivity contribution is 5.69. The Morgan fingerprint density at radius 1 is 1.31 bits per heavy atom. The second-order valence-electron chi connectivity index (χ2n) is 4.54. The van der Waals surface area contributed by atoms with Crippen molar-refractivity contribution in [1.29, 1.82) is 0 Å². The molecule has 4 heteroatoms. The average Bonchev–Trinajstić information content (AvgIpc) is 2.25. The molecule has 16 heavy (non-hydrogen) atoms. The molecule has 0 radical (unpaired) electrons. The molecule has 1 heterocycles. The number of hydrogen-bond acceptors (Lipinski definition) is 4. The zero-order valence-electron chi connectivity index (χ0n) is 10.3. The Bertz CT molecular complexity index is 200. The minimum absolute atomic E-state index is 0.0840. The number of rotatable bonds is 6. The minimum Gasteiger partial charge on any atom is -0.463 e. The van der Waals surface area contributed by atoms with Crippen molar-refractivity contribution in [3.8, 4) is 0 Å². The Balaban J connectivity index is 2.01. The van der Waals surface area contributed by atoms with Gasteiger partial charge < -0.3 is 14.8 Å². The van der Waals surface area contributed by atoms with E-state index in [1.165, 1.54) is 0 Å². The van der Waals surface area contributed by atoms with Crippen molar-refractivity contribution in [3.63, 3.8) is 0 Å². The van der Waals surface area contributed by atoms with Crippen molar-refractivity contribution in [1.82, 2.24) is 5.32 Å². The first-order chi connectivity index (χ1) is 7.68. The maximum absolute atomic E-state index is 11.5. The molecule has 0 aromatic heterocycles. The Kier molecular flexibility index (Phi) is 6.42. The molecule has 0 aliphatic carbocycles. The van der Waals surface area contributed by atoms with Crippen LogP contribution in [0.2, 0.25) is 0 Å². The van der Waals surface area contributed by atoms with Gasteiger partial charge in [-0.3, -0.25) is 4.79 Å². The molecule has 1 saturated heterocycles. The summed E-state index contributed by atoms with van der Waals surface area (Å²) in [5.74, 6) is 0.416. The molecular formula is C12H23NO3. The summed E-state index contributed by atoms with van der Waals surface area (Å²) in [4.78, 5) is 11.5. The summed E-state index contributed by atoms with van der Waals surface area (Å²) < 4.78 is 10.4. The molecule has 0 atom stereocenters. The monoisotopic (exact) mass is 229 g/mol. The summed E-state index contributed by atoms with van der Waals surface area (Å²) in [6, 6.07) is 0. The molecule has 0 unspecified atom stereocenters. The molecule has 1 N–H and O–H groups in total. The SMILES string of the molecule is CC(C)OCCOC(=O)CC1CCNCC1. The Morgan fingerprint density at radius 3 is 2.62 bits per heavy atom. The van der Waals surface area contributed by atoms with Gasteiger partial charge in [-0.15, -0.1) is 0 Å². The predicted molar refractivity (Wildman–Crippen MR) is 62.3 cm³/mol. The van der Waals surface area contributed by atoms with Gasteiger partial charge >= 0.3 is 5.97 Å². The molecule has 0 aromatic rings. The van der Waals surface area contributed by atoms with Crippen LogP contribution in [-0.4, -0.2) is 38.4 Å². The summed E-state index contributed by atoms with van der Waals surface area (Å²) >= 11 is 0. The van der Waals surface area contributed by atoms with E-state index in [2.05, 4.69) is 5.32 Å². The topological polar surface area (TPSA) is 47.6 Å². The maximum atomic E-state index is 11.5. The van der Waals surface area contributed by atoms with E-state index in [9.17, 15) is 4.79 Å². The van der Waals surface area contributed by atoms with Crippen LogP contribution in [0.3, 0.4) is 0 Å². The van der Waals surface area contributed by atoms with Crippen LogP contribution in [0.4, 0.5) is 0 Å². The second kappa shape index (κ2) is 7.63. The molecule has 4 nitrogen and oxygen atoms in total. The van der Waals surface area contributed by atoms with Crippen molar-refractivity contribution in [2.75, 3.05) is 26.3 Å². The van der Waals surface area contributed by atoms with Gasteiger partial charge in [0.05, 0.1) is 12.7 Å². The molecule has 0 spiro atoms. The lowest BCUT2D eigenvalue weighted by molar-refractivity contribution is -0.147. The van der Waals surface area contributed by atoms with Gasteiger partial charge in [-0.05, 0) is 45.7 Å².